The molecule has 146 valence electrons. The zero-order chi connectivity index (χ0) is 20.8. The molecule has 0 aliphatic rings. The number of non-ortho nitro benzene ring substituents is 1. The highest BCUT2D eigenvalue weighted by Crippen LogP contribution is 2.26. The lowest BCUT2D eigenvalue weighted by Crippen LogP contribution is -2.15. The first-order valence-electron chi connectivity index (χ1n) is 8.61. The van der Waals surface area contributed by atoms with Gasteiger partial charge in [-0.05, 0) is 29.8 Å². The lowest BCUT2D eigenvalue weighted by atomic mass is 10.1. The summed E-state index contributed by atoms with van der Waals surface area (Å²) in [6.45, 7) is 0. The van der Waals surface area contributed by atoms with Gasteiger partial charge in [0.05, 0.1) is 22.1 Å². The summed E-state index contributed by atoms with van der Waals surface area (Å²) < 4.78 is 0. The fourth-order valence-electron chi connectivity index (χ4n) is 2.63. The predicted molar refractivity (Wildman–Crippen MR) is 111 cm³/mol. The molecule has 29 heavy (non-hydrogen) atoms. The Bertz CT molecular complexity index is 1070. The fourth-order valence-corrected chi connectivity index (χ4v) is 2.86. The van der Waals surface area contributed by atoms with Crippen molar-refractivity contribution in [1.82, 2.24) is 0 Å². The minimum Gasteiger partial charge on any atom is -0.324 e. The Balaban J connectivity index is 1.66. The topological polar surface area (TPSA) is 101 Å². The summed E-state index contributed by atoms with van der Waals surface area (Å²) in [5.74, 6) is -0.725. The van der Waals surface area contributed by atoms with Crippen LogP contribution in [0.2, 0.25) is 5.02 Å². The van der Waals surface area contributed by atoms with Gasteiger partial charge in [-0.15, -0.1) is 0 Å². The quantitative estimate of drug-likeness (QED) is 0.455. The van der Waals surface area contributed by atoms with Crippen molar-refractivity contribution in [3.63, 3.8) is 0 Å². The smallest absolute Gasteiger partial charge is 0.270 e. The highest BCUT2D eigenvalue weighted by molar-refractivity contribution is 6.34. The van der Waals surface area contributed by atoms with Crippen molar-refractivity contribution in [2.24, 2.45) is 0 Å². The Morgan fingerprint density at radius 1 is 0.931 bits per heavy atom. The van der Waals surface area contributed by atoms with E-state index in [0.29, 0.717) is 11.4 Å². The van der Waals surface area contributed by atoms with Crippen molar-refractivity contribution in [2.75, 3.05) is 10.6 Å². The first-order valence-corrected chi connectivity index (χ1v) is 8.99. The lowest BCUT2D eigenvalue weighted by molar-refractivity contribution is -0.384. The Morgan fingerprint density at radius 3 is 2.38 bits per heavy atom. The van der Waals surface area contributed by atoms with E-state index in [9.17, 15) is 19.7 Å². The Kier molecular flexibility index (Phi) is 6.21. The molecule has 3 aromatic carbocycles. The molecule has 2 N–H and O–H groups in total. The highest BCUT2D eigenvalue weighted by atomic mass is 35.5. The van der Waals surface area contributed by atoms with E-state index in [2.05, 4.69) is 10.6 Å². The molecular weight excluding hydrogens is 394 g/mol. The largest absolute Gasteiger partial charge is 0.324 e. The van der Waals surface area contributed by atoms with Crippen LogP contribution < -0.4 is 10.6 Å². The Hall–Kier alpha value is -3.71. The molecule has 0 saturated heterocycles. The Morgan fingerprint density at radius 2 is 1.69 bits per heavy atom. The van der Waals surface area contributed by atoms with Gasteiger partial charge in [-0.2, -0.15) is 0 Å². The van der Waals surface area contributed by atoms with E-state index >= 15 is 0 Å². The zero-order valence-corrected chi connectivity index (χ0v) is 15.8. The van der Waals surface area contributed by atoms with E-state index in [0.717, 1.165) is 5.56 Å². The molecule has 0 atom stereocenters. The molecule has 0 radical (unpaired) electrons. The third kappa shape index (κ3) is 5.40. The van der Waals surface area contributed by atoms with Gasteiger partial charge in [-0.3, -0.25) is 19.7 Å². The molecule has 3 aromatic rings. The molecular formula is C21H16ClN3O4. The molecule has 0 saturated carbocycles. The monoisotopic (exact) mass is 409 g/mol. The number of nitro groups is 1. The van der Waals surface area contributed by atoms with Crippen molar-refractivity contribution in [3.8, 4) is 0 Å². The van der Waals surface area contributed by atoms with Gasteiger partial charge in [0, 0.05) is 23.4 Å². The first kappa shape index (κ1) is 20.0. The van der Waals surface area contributed by atoms with E-state index in [1.54, 1.807) is 12.1 Å². The second kappa shape index (κ2) is 8.99. The van der Waals surface area contributed by atoms with Crippen LogP contribution in [0.5, 0.6) is 0 Å². The number of benzene rings is 3. The third-order valence-electron chi connectivity index (χ3n) is 4.03. The molecule has 0 aliphatic heterocycles. The predicted octanol–water partition coefficient (Wildman–Crippen LogP) is 4.68. The molecule has 0 unspecified atom stereocenters. The number of nitrogens with one attached hydrogen (secondary N) is 2. The van der Waals surface area contributed by atoms with Crippen molar-refractivity contribution in [1.29, 1.82) is 0 Å². The standard InChI is InChI=1S/C21H16ClN3O4/c22-18-13-16(23-21(27)15-7-4-8-17(12-15)25(28)29)9-10-19(18)24-20(26)11-14-5-2-1-3-6-14/h1-10,12-13H,11H2,(H,23,27)(H,24,26). The number of anilines is 2. The number of amides is 2. The van der Waals surface area contributed by atoms with Crippen molar-refractivity contribution >= 4 is 40.5 Å². The molecule has 7 nitrogen and oxygen atoms in total. The van der Waals surface area contributed by atoms with Crippen molar-refractivity contribution in [2.45, 2.75) is 6.42 Å². The number of halogens is 1. The average molecular weight is 410 g/mol. The van der Waals surface area contributed by atoms with Gasteiger partial charge in [0.2, 0.25) is 5.91 Å². The van der Waals surface area contributed by atoms with Gasteiger partial charge in [0.25, 0.3) is 11.6 Å². The van der Waals surface area contributed by atoms with Gasteiger partial charge in [0.1, 0.15) is 0 Å². The van der Waals surface area contributed by atoms with E-state index < -0.39 is 10.8 Å². The van der Waals surface area contributed by atoms with E-state index in [4.69, 9.17) is 11.6 Å². The van der Waals surface area contributed by atoms with Crippen LogP contribution in [-0.4, -0.2) is 16.7 Å². The summed E-state index contributed by atoms with van der Waals surface area (Å²) in [6.07, 6.45) is 0.211. The molecule has 0 bridgehead atoms. The van der Waals surface area contributed by atoms with Crippen LogP contribution >= 0.6 is 11.6 Å². The second-order valence-electron chi connectivity index (χ2n) is 6.17. The van der Waals surface area contributed by atoms with Crippen LogP contribution in [0.25, 0.3) is 0 Å². The number of nitrogens with zero attached hydrogens (tertiary/aromatic N) is 1. The van der Waals surface area contributed by atoms with Crippen molar-refractivity contribution < 1.29 is 14.5 Å². The zero-order valence-electron chi connectivity index (χ0n) is 15.1. The second-order valence-corrected chi connectivity index (χ2v) is 6.57. The Labute approximate surface area is 171 Å². The normalized spacial score (nSPS) is 10.2. The summed E-state index contributed by atoms with van der Waals surface area (Å²) in [5, 5.41) is 16.5. The number of hydrogen-bond donors (Lipinski definition) is 2. The number of carbonyl (C=O) groups is 2. The average Bonchev–Trinajstić information content (AvgIpc) is 2.71. The van der Waals surface area contributed by atoms with Crippen LogP contribution in [0.3, 0.4) is 0 Å². The summed E-state index contributed by atoms with van der Waals surface area (Å²) in [7, 11) is 0. The van der Waals surface area contributed by atoms with Crippen LogP contribution in [0.15, 0.2) is 72.8 Å². The van der Waals surface area contributed by atoms with E-state index in [1.807, 2.05) is 30.3 Å². The molecule has 3 rings (SSSR count). The number of hydrogen-bond acceptors (Lipinski definition) is 4. The van der Waals surface area contributed by atoms with Crippen molar-refractivity contribution in [3.05, 3.63) is 99.1 Å². The maximum atomic E-state index is 12.3. The number of rotatable bonds is 6. The summed E-state index contributed by atoms with van der Waals surface area (Å²) >= 11 is 6.22. The fraction of sp³-hybridized carbons (Fsp3) is 0.0476. The first-order chi connectivity index (χ1) is 13.9. The van der Waals surface area contributed by atoms with Gasteiger partial charge in [-0.1, -0.05) is 48.0 Å². The van der Waals surface area contributed by atoms with Gasteiger partial charge in [-0.25, -0.2) is 0 Å². The molecule has 0 heterocycles. The molecule has 0 aromatic heterocycles. The SMILES string of the molecule is O=C(Cc1ccccc1)Nc1ccc(NC(=O)c2cccc([N+](=O)[O-])c2)cc1Cl. The van der Waals surface area contributed by atoms with E-state index in [1.165, 1.54) is 30.3 Å². The summed E-state index contributed by atoms with van der Waals surface area (Å²) in [6, 6.07) is 19.4. The molecule has 2 amide bonds. The third-order valence-corrected chi connectivity index (χ3v) is 4.34. The molecule has 8 heteroatoms. The number of nitro benzene ring substituents is 1. The summed E-state index contributed by atoms with van der Waals surface area (Å²) in [5.41, 5.74) is 1.66. The minimum absolute atomic E-state index is 0.149. The molecule has 0 spiro atoms. The minimum atomic E-state index is -0.569. The van der Waals surface area contributed by atoms with Crippen LogP contribution in [0.1, 0.15) is 15.9 Å². The van der Waals surface area contributed by atoms with Crippen LogP contribution in [0.4, 0.5) is 17.1 Å². The van der Waals surface area contributed by atoms with Gasteiger partial charge >= 0.3 is 0 Å². The van der Waals surface area contributed by atoms with Gasteiger partial charge in [0.15, 0.2) is 0 Å². The molecule has 0 aliphatic carbocycles. The maximum absolute atomic E-state index is 12.3. The highest BCUT2D eigenvalue weighted by Gasteiger charge is 2.13. The van der Waals surface area contributed by atoms with Gasteiger partial charge < -0.3 is 10.6 Å². The summed E-state index contributed by atoms with van der Waals surface area (Å²) in [4.78, 5) is 34.8. The van der Waals surface area contributed by atoms with E-state index in [-0.39, 0.29) is 28.6 Å². The van der Waals surface area contributed by atoms with Crippen LogP contribution in [-0.2, 0) is 11.2 Å². The number of carbonyl (C=O) groups excluding carboxylic acids is 2. The maximum Gasteiger partial charge on any atom is 0.270 e. The molecule has 0 fully saturated rings. The lowest BCUT2D eigenvalue weighted by Gasteiger charge is -2.10. The van der Waals surface area contributed by atoms with Crippen LogP contribution in [0, 0.1) is 10.1 Å².